The molecule has 1 saturated carbocycles. The third-order valence-electron chi connectivity index (χ3n) is 3.16. The van der Waals surface area contributed by atoms with E-state index in [1.807, 2.05) is 25.1 Å². The fourth-order valence-electron chi connectivity index (χ4n) is 1.84. The summed E-state index contributed by atoms with van der Waals surface area (Å²) in [6.07, 6.45) is 3.53. The lowest BCUT2D eigenvalue weighted by Gasteiger charge is -2.11. The standard InChI is InChI=1S/C14H20O2/c1-10-9-13(11(2)15)5-6-14(10)16-8-7-12-3-4-12/h5-6,9,11-12,15H,3-4,7-8H2,1-2H3/t11-/m1/s1. The minimum Gasteiger partial charge on any atom is -0.493 e. The van der Waals surface area contributed by atoms with Crippen molar-refractivity contribution in [3.8, 4) is 5.75 Å². The van der Waals surface area contributed by atoms with Crippen LogP contribution in [0, 0.1) is 12.8 Å². The van der Waals surface area contributed by atoms with Gasteiger partial charge >= 0.3 is 0 Å². The van der Waals surface area contributed by atoms with Gasteiger partial charge in [-0.05, 0) is 49.4 Å². The molecule has 16 heavy (non-hydrogen) atoms. The summed E-state index contributed by atoms with van der Waals surface area (Å²) < 4.78 is 5.74. The fraction of sp³-hybridized carbons (Fsp3) is 0.571. The summed E-state index contributed by atoms with van der Waals surface area (Å²) in [7, 11) is 0. The molecule has 1 aromatic rings. The molecule has 0 heterocycles. The summed E-state index contributed by atoms with van der Waals surface area (Å²) >= 11 is 0. The first-order chi connectivity index (χ1) is 7.66. The number of aryl methyl sites for hydroxylation is 1. The van der Waals surface area contributed by atoms with Crippen molar-refractivity contribution >= 4 is 0 Å². The molecule has 0 bridgehead atoms. The molecule has 0 amide bonds. The zero-order chi connectivity index (χ0) is 11.5. The lowest BCUT2D eigenvalue weighted by molar-refractivity contribution is 0.199. The second-order valence-corrected chi connectivity index (χ2v) is 4.78. The summed E-state index contributed by atoms with van der Waals surface area (Å²) in [5, 5.41) is 9.46. The quantitative estimate of drug-likeness (QED) is 0.825. The van der Waals surface area contributed by atoms with Crippen LogP contribution in [0.1, 0.15) is 43.4 Å². The highest BCUT2D eigenvalue weighted by Crippen LogP contribution is 2.32. The first-order valence-electron chi connectivity index (χ1n) is 6.08. The van der Waals surface area contributed by atoms with Gasteiger partial charge in [-0.2, -0.15) is 0 Å². The SMILES string of the molecule is Cc1cc([C@@H](C)O)ccc1OCCC1CC1. The molecule has 1 aromatic carbocycles. The second kappa shape index (κ2) is 4.88. The molecular weight excluding hydrogens is 200 g/mol. The van der Waals surface area contributed by atoms with Crippen LogP contribution >= 0.6 is 0 Å². The van der Waals surface area contributed by atoms with E-state index in [-0.39, 0.29) is 0 Å². The molecule has 88 valence electrons. The minimum atomic E-state index is -0.404. The molecule has 2 rings (SSSR count). The maximum atomic E-state index is 9.46. The molecule has 0 saturated heterocycles. The van der Waals surface area contributed by atoms with Gasteiger partial charge in [0.15, 0.2) is 0 Å². The minimum absolute atomic E-state index is 0.404. The number of ether oxygens (including phenoxy) is 1. The number of rotatable bonds is 5. The van der Waals surface area contributed by atoms with E-state index in [0.29, 0.717) is 0 Å². The molecule has 0 aromatic heterocycles. The maximum absolute atomic E-state index is 9.46. The van der Waals surface area contributed by atoms with Crippen molar-refractivity contribution in [2.75, 3.05) is 6.61 Å². The summed E-state index contributed by atoms with van der Waals surface area (Å²) in [5.74, 6) is 1.86. The Kier molecular flexibility index (Phi) is 3.49. The topological polar surface area (TPSA) is 29.5 Å². The Morgan fingerprint density at radius 3 is 2.75 bits per heavy atom. The number of hydrogen-bond donors (Lipinski definition) is 1. The Labute approximate surface area is 97.3 Å². The van der Waals surface area contributed by atoms with Crippen LogP contribution in [-0.2, 0) is 0 Å². The summed E-state index contributed by atoms with van der Waals surface area (Å²) in [6.45, 7) is 4.63. The van der Waals surface area contributed by atoms with Crippen molar-refractivity contribution in [2.45, 2.75) is 39.2 Å². The molecule has 1 atom stereocenters. The van der Waals surface area contributed by atoms with E-state index in [4.69, 9.17) is 4.74 Å². The van der Waals surface area contributed by atoms with Crippen LogP contribution in [-0.4, -0.2) is 11.7 Å². The number of aliphatic hydroxyl groups excluding tert-OH is 1. The predicted molar refractivity (Wildman–Crippen MR) is 64.6 cm³/mol. The van der Waals surface area contributed by atoms with Gasteiger partial charge in [0, 0.05) is 0 Å². The van der Waals surface area contributed by atoms with Crippen molar-refractivity contribution in [3.63, 3.8) is 0 Å². The van der Waals surface area contributed by atoms with Crippen LogP contribution in [0.15, 0.2) is 18.2 Å². The largest absolute Gasteiger partial charge is 0.493 e. The van der Waals surface area contributed by atoms with Crippen molar-refractivity contribution in [3.05, 3.63) is 29.3 Å². The normalized spacial score (nSPS) is 17.2. The Bertz CT molecular complexity index is 354. The van der Waals surface area contributed by atoms with E-state index >= 15 is 0 Å². The average Bonchev–Trinajstić information content (AvgIpc) is 3.04. The van der Waals surface area contributed by atoms with Gasteiger partial charge < -0.3 is 9.84 Å². The van der Waals surface area contributed by atoms with E-state index in [1.54, 1.807) is 6.92 Å². The van der Waals surface area contributed by atoms with Crippen molar-refractivity contribution in [1.29, 1.82) is 0 Å². The highest BCUT2D eigenvalue weighted by molar-refractivity contribution is 5.36. The summed E-state index contributed by atoms with van der Waals surface area (Å²) in [6, 6.07) is 5.89. The second-order valence-electron chi connectivity index (χ2n) is 4.78. The third kappa shape index (κ3) is 2.99. The Morgan fingerprint density at radius 1 is 1.44 bits per heavy atom. The maximum Gasteiger partial charge on any atom is 0.122 e. The molecule has 2 nitrogen and oxygen atoms in total. The smallest absolute Gasteiger partial charge is 0.122 e. The summed E-state index contributed by atoms with van der Waals surface area (Å²) in [5.41, 5.74) is 2.06. The first kappa shape index (κ1) is 11.5. The molecule has 1 fully saturated rings. The van der Waals surface area contributed by atoms with E-state index in [9.17, 15) is 5.11 Å². The van der Waals surface area contributed by atoms with Gasteiger partial charge in [0.05, 0.1) is 12.7 Å². The van der Waals surface area contributed by atoms with Gasteiger partial charge in [0.25, 0.3) is 0 Å². The molecule has 0 radical (unpaired) electrons. The third-order valence-corrected chi connectivity index (χ3v) is 3.16. The van der Waals surface area contributed by atoms with Gasteiger partial charge in [-0.1, -0.05) is 18.9 Å². The lowest BCUT2D eigenvalue weighted by atomic mass is 10.1. The number of aliphatic hydroxyl groups is 1. The summed E-state index contributed by atoms with van der Waals surface area (Å²) in [4.78, 5) is 0. The molecule has 0 spiro atoms. The molecule has 2 heteroatoms. The zero-order valence-corrected chi connectivity index (χ0v) is 10.1. The zero-order valence-electron chi connectivity index (χ0n) is 10.1. The highest BCUT2D eigenvalue weighted by atomic mass is 16.5. The number of hydrogen-bond acceptors (Lipinski definition) is 2. The Morgan fingerprint density at radius 2 is 2.19 bits per heavy atom. The molecule has 0 aliphatic heterocycles. The van der Waals surface area contributed by atoms with Gasteiger partial charge in [-0.3, -0.25) is 0 Å². The van der Waals surface area contributed by atoms with E-state index in [1.165, 1.54) is 19.3 Å². The Balaban J connectivity index is 1.92. The molecule has 1 aliphatic carbocycles. The predicted octanol–water partition coefficient (Wildman–Crippen LogP) is 3.23. The van der Waals surface area contributed by atoms with Crippen LogP contribution in [0.5, 0.6) is 5.75 Å². The average molecular weight is 220 g/mol. The van der Waals surface area contributed by atoms with Crippen LogP contribution in [0.3, 0.4) is 0 Å². The monoisotopic (exact) mass is 220 g/mol. The van der Waals surface area contributed by atoms with Crippen LogP contribution in [0.25, 0.3) is 0 Å². The van der Waals surface area contributed by atoms with E-state index in [0.717, 1.165) is 29.4 Å². The Hall–Kier alpha value is -1.02. The lowest BCUT2D eigenvalue weighted by Crippen LogP contribution is -2.00. The first-order valence-corrected chi connectivity index (χ1v) is 6.08. The van der Waals surface area contributed by atoms with Crippen molar-refractivity contribution in [1.82, 2.24) is 0 Å². The highest BCUT2D eigenvalue weighted by Gasteiger charge is 2.20. The van der Waals surface area contributed by atoms with Gasteiger partial charge in [-0.25, -0.2) is 0 Å². The van der Waals surface area contributed by atoms with Gasteiger partial charge in [0.1, 0.15) is 5.75 Å². The molecular formula is C14H20O2. The number of benzene rings is 1. The van der Waals surface area contributed by atoms with E-state index in [2.05, 4.69) is 0 Å². The van der Waals surface area contributed by atoms with Crippen LogP contribution < -0.4 is 4.74 Å². The molecule has 1 aliphatic rings. The van der Waals surface area contributed by atoms with Crippen molar-refractivity contribution < 1.29 is 9.84 Å². The van der Waals surface area contributed by atoms with Gasteiger partial charge in [0.2, 0.25) is 0 Å². The van der Waals surface area contributed by atoms with Crippen LogP contribution in [0.4, 0.5) is 0 Å². The van der Waals surface area contributed by atoms with Crippen molar-refractivity contribution in [2.24, 2.45) is 5.92 Å². The fourth-order valence-corrected chi connectivity index (χ4v) is 1.84. The molecule has 1 N–H and O–H groups in total. The van der Waals surface area contributed by atoms with Crippen LogP contribution in [0.2, 0.25) is 0 Å². The molecule has 0 unspecified atom stereocenters. The van der Waals surface area contributed by atoms with Gasteiger partial charge in [-0.15, -0.1) is 0 Å². The van der Waals surface area contributed by atoms with E-state index < -0.39 is 6.10 Å².